The van der Waals surface area contributed by atoms with Crippen LogP contribution in [0.15, 0.2) is 91.1 Å². The zero-order chi connectivity index (χ0) is 22.9. The first-order chi connectivity index (χ1) is 16.2. The number of hydrogen-bond donors (Lipinski definition) is 0. The van der Waals surface area contributed by atoms with Gasteiger partial charge in [-0.3, -0.25) is 4.98 Å². The Bertz CT molecular complexity index is 1110. The summed E-state index contributed by atoms with van der Waals surface area (Å²) >= 11 is 0. The van der Waals surface area contributed by atoms with Crippen LogP contribution in [0.1, 0.15) is 44.6 Å². The minimum atomic E-state index is 0.799. The van der Waals surface area contributed by atoms with E-state index in [1.54, 1.807) is 0 Å². The highest BCUT2D eigenvalue weighted by molar-refractivity contribution is 5.71. The van der Waals surface area contributed by atoms with Crippen LogP contribution in [-0.2, 0) is 0 Å². The molecule has 0 unspecified atom stereocenters. The van der Waals surface area contributed by atoms with E-state index in [-0.39, 0.29) is 0 Å². The molecular weight excluding hydrogens is 402 g/mol. The second-order valence-electron chi connectivity index (χ2n) is 8.66. The van der Waals surface area contributed by atoms with E-state index in [0.29, 0.717) is 0 Å². The van der Waals surface area contributed by atoms with E-state index in [9.17, 15) is 0 Å². The topological polar surface area (TPSA) is 22.1 Å². The number of aromatic nitrogens is 1. The van der Waals surface area contributed by atoms with E-state index in [2.05, 4.69) is 98.8 Å². The molecule has 0 aliphatic carbocycles. The molecule has 0 bridgehead atoms. The Morgan fingerprint density at radius 3 is 1.76 bits per heavy atom. The standard InChI is InChI=1S/C31H33NO/c1-3-4-5-6-7-22-33-30-19-16-26(17-20-30)25-12-14-28(15-13-25)31-21-18-29(23-32-31)27-10-8-24(2)9-11-27/h8-21,23H,3-7,22H2,1-2H3. The Labute approximate surface area is 198 Å². The summed E-state index contributed by atoms with van der Waals surface area (Å²) < 4.78 is 5.89. The number of pyridine rings is 1. The minimum Gasteiger partial charge on any atom is -0.494 e. The summed E-state index contributed by atoms with van der Waals surface area (Å²) in [6, 6.07) is 29.8. The lowest BCUT2D eigenvalue weighted by Crippen LogP contribution is -1.97. The molecule has 0 saturated heterocycles. The molecule has 4 rings (SSSR count). The highest BCUT2D eigenvalue weighted by Crippen LogP contribution is 2.27. The highest BCUT2D eigenvalue weighted by Gasteiger charge is 2.04. The molecule has 0 radical (unpaired) electrons. The molecule has 0 amide bonds. The predicted molar refractivity (Wildman–Crippen MR) is 140 cm³/mol. The van der Waals surface area contributed by atoms with Gasteiger partial charge in [0.2, 0.25) is 0 Å². The molecular formula is C31H33NO. The van der Waals surface area contributed by atoms with Gasteiger partial charge in [0, 0.05) is 17.3 Å². The van der Waals surface area contributed by atoms with Crippen LogP contribution in [0, 0.1) is 6.92 Å². The van der Waals surface area contributed by atoms with E-state index in [4.69, 9.17) is 9.72 Å². The zero-order valence-electron chi connectivity index (χ0n) is 19.8. The number of benzene rings is 3. The lowest BCUT2D eigenvalue weighted by Gasteiger charge is -2.08. The molecule has 3 aromatic carbocycles. The third-order valence-corrected chi connectivity index (χ3v) is 6.03. The van der Waals surface area contributed by atoms with Gasteiger partial charge < -0.3 is 4.74 Å². The Balaban J connectivity index is 1.35. The van der Waals surface area contributed by atoms with Gasteiger partial charge in [0.25, 0.3) is 0 Å². The van der Waals surface area contributed by atoms with Crippen LogP contribution in [0.25, 0.3) is 33.5 Å². The fraction of sp³-hybridized carbons (Fsp3) is 0.258. The number of aryl methyl sites for hydroxylation is 1. The first-order valence-corrected chi connectivity index (χ1v) is 12.1. The van der Waals surface area contributed by atoms with Crippen molar-refractivity contribution in [3.63, 3.8) is 0 Å². The van der Waals surface area contributed by atoms with E-state index in [1.165, 1.54) is 47.9 Å². The van der Waals surface area contributed by atoms with Crippen LogP contribution >= 0.6 is 0 Å². The summed E-state index contributed by atoms with van der Waals surface area (Å²) in [5, 5.41) is 0. The minimum absolute atomic E-state index is 0.799. The van der Waals surface area contributed by atoms with Crippen LogP contribution in [0.2, 0.25) is 0 Å². The van der Waals surface area contributed by atoms with Gasteiger partial charge in [-0.1, -0.05) is 105 Å². The average molecular weight is 436 g/mol. The molecule has 0 fully saturated rings. The molecule has 0 atom stereocenters. The zero-order valence-corrected chi connectivity index (χ0v) is 19.8. The molecule has 1 heterocycles. The maximum Gasteiger partial charge on any atom is 0.119 e. The number of rotatable bonds is 10. The van der Waals surface area contributed by atoms with Crippen molar-refractivity contribution in [2.45, 2.75) is 46.0 Å². The van der Waals surface area contributed by atoms with Crippen LogP contribution in [0.5, 0.6) is 5.75 Å². The van der Waals surface area contributed by atoms with Crippen molar-refractivity contribution in [1.82, 2.24) is 4.98 Å². The highest BCUT2D eigenvalue weighted by atomic mass is 16.5. The van der Waals surface area contributed by atoms with Gasteiger partial charge in [0.15, 0.2) is 0 Å². The molecule has 0 saturated carbocycles. The molecule has 1 aromatic heterocycles. The molecule has 2 heteroatoms. The first kappa shape index (κ1) is 22.8. The van der Waals surface area contributed by atoms with Gasteiger partial charge in [-0.25, -0.2) is 0 Å². The third-order valence-electron chi connectivity index (χ3n) is 6.03. The second-order valence-corrected chi connectivity index (χ2v) is 8.66. The van der Waals surface area contributed by atoms with E-state index in [1.807, 2.05) is 6.20 Å². The van der Waals surface area contributed by atoms with Crippen molar-refractivity contribution in [3.05, 3.63) is 96.7 Å². The second kappa shape index (κ2) is 11.5. The first-order valence-electron chi connectivity index (χ1n) is 12.1. The maximum atomic E-state index is 5.89. The van der Waals surface area contributed by atoms with Crippen LogP contribution < -0.4 is 4.74 Å². The Morgan fingerprint density at radius 1 is 0.576 bits per heavy atom. The smallest absolute Gasteiger partial charge is 0.119 e. The third kappa shape index (κ3) is 6.32. The van der Waals surface area contributed by atoms with E-state index in [0.717, 1.165) is 35.6 Å². The Kier molecular flexibility index (Phi) is 7.92. The van der Waals surface area contributed by atoms with Crippen LogP contribution in [0.3, 0.4) is 0 Å². The summed E-state index contributed by atoms with van der Waals surface area (Å²) in [6.07, 6.45) is 8.24. The van der Waals surface area contributed by atoms with Crippen molar-refractivity contribution in [2.75, 3.05) is 6.61 Å². The van der Waals surface area contributed by atoms with Crippen molar-refractivity contribution in [2.24, 2.45) is 0 Å². The maximum absolute atomic E-state index is 5.89. The largest absolute Gasteiger partial charge is 0.494 e. The summed E-state index contributed by atoms with van der Waals surface area (Å²) in [6.45, 7) is 5.15. The molecule has 0 N–H and O–H groups in total. The summed E-state index contributed by atoms with van der Waals surface area (Å²) in [5.74, 6) is 0.948. The van der Waals surface area contributed by atoms with Gasteiger partial charge in [0.05, 0.1) is 12.3 Å². The quantitative estimate of drug-likeness (QED) is 0.232. The molecule has 33 heavy (non-hydrogen) atoms. The number of ether oxygens (including phenoxy) is 1. The van der Waals surface area contributed by atoms with Crippen molar-refractivity contribution in [1.29, 1.82) is 0 Å². The summed E-state index contributed by atoms with van der Waals surface area (Å²) in [7, 11) is 0. The summed E-state index contributed by atoms with van der Waals surface area (Å²) in [5.41, 5.74) is 8.10. The number of unbranched alkanes of at least 4 members (excludes halogenated alkanes) is 4. The Hall–Kier alpha value is -3.39. The van der Waals surface area contributed by atoms with Crippen molar-refractivity contribution < 1.29 is 4.74 Å². The normalized spacial score (nSPS) is 10.8. The van der Waals surface area contributed by atoms with E-state index >= 15 is 0 Å². The summed E-state index contributed by atoms with van der Waals surface area (Å²) in [4.78, 5) is 4.70. The van der Waals surface area contributed by atoms with Crippen molar-refractivity contribution >= 4 is 0 Å². The van der Waals surface area contributed by atoms with Crippen molar-refractivity contribution in [3.8, 4) is 39.3 Å². The molecule has 0 spiro atoms. The van der Waals surface area contributed by atoms with Gasteiger partial charge in [-0.2, -0.15) is 0 Å². The molecule has 168 valence electrons. The molecule has 0 aliphatic rings. The lowest BCUT2D eigenvalue weighted by molar-refractivity contribution is 0.304. The molecule has 4 aromatic rings. The van der Waals surface area contributed by atoms with E-state index < -0.39 is 0 Å². The average Bonchev–Trinajstić information content (AvgIpc) is 2.87. The van der Waals surface area contributed by atoms with Crippen LogP contribution in [-0.4, -0.2) is 11.6 Å². The predicted octanol–water partition coefficient (Wildman–Crippen LogP) is 8.74. The van der Waals surface area contributed by atoms with Gasteiger partial charge in [0.1, 0.15) is 5.75 Å². The number of hydrogen-bond acceptors (Lipinski definition) is 2. The monoisotopic (exact) mass is 435 g/mol. The fourth-order valence-electron chi connectivity index (χ4n) is 3.95. The number of nitrogens with zero attached hydrogens (tertiary/aromatic N) is 1. The van der Waals surface area contributed by atoms with Gasteiger partial charge in [-0.05, 0) is 48.2 Å². The SMILES string of the molecule is CCCCCCCOc1ccc(-c2ccc(-c3ccc(-c4ccc(C)cc4)cn3)cc2)cc1. The molecule has 2 nitrogen and oxygen atoms in total. The lowest BCUT2D eigenvalue weighted by atomic mass is 10.0. The van der Waals surface area contributed by atoms with Crippen LogP contribution in [0.4, 0.5) is 0 Å². The molecule has 0 aliphatic heterocycles. The Morgan fingerprint density at radius 2 is 1.12 bits per heavy atom. The van der Waals surface area contributed by atoms with Gasteiger partial charge >= 0.3 is 0 Å². The van der Waals surface area contributed by atoms with Gasteiger partial charge in [-0.15, -0.1) is 0 Å². The fourth-order valence-corrected chi connectivity index (χ4v) is 3.95.